The number of aromatic nitrogens is 1. The highest BCUT2D eigenvalue weighted by Crippen LogP contribution is 2.32. The molecule has 6 heteroatoms. The van der Waals surface area contributed by atoms with Gasteiger partial charge in [0, 0.05) is 11.4 Å². The minimum absolute atomic E-state index is 0.141. The van der Waals surface area contributed by atoms with Crippen LogP contribution in [0.3, 0.4) is 0 Å². The Morgan fingerprint density at radius 3 is 2.71 bits per heavy atom. The maximum absolute atomic E-state index is 12.6. The molecule has 0 unspecified atom stereocenters. The van der Waals surface area contributed by atoms with Crippen molar-refractivity contribution < 1.29 is 13.5 Å². The third-order valence-corrected chi connectivity index (χ3v) is 3.00. The van der Waals surface area contributed by atoms with Crippen molar-refractivity contribution in [1.82, 2.24) is 4.98 Å². The Kier molecular flexibility index (Phi) is 4.49. The molecule has 1 aromatic rings. The molecule has 14 heavy (non-hydrogen) atoms. The Morgan fingerprint density at radius 1 is 1.64 bits per heavy atom. The van der Waals surface area contributed by atoms with Crippen molar-refractivity contribution in [2.24, 2.45) is 0 Å². The topological polar surface area (TPSA) is 22.1 Å². The summed E-state index contributed by atoms with van der Waals surface area (Å²) in [6, 6.07) is 1.51. The van der Waals surface area contributed by atoms with E-state index in [1.54, 1.807) is 22.6 Å². The van der Waals surface area contributed by atoms with E-state index in [2.05, 4.69) is 20.9 Å². The molecule has 1 aromatic heterocycles. The van der Waals surface area contributed by atoms with Gasteiger partial charge in [0.05, 0.1) is 18.4 Å². The summed E-state index contributed by atoms with van der Waals surface area (Å²) in [5, 5.41) is 0.517. The van der Waals surface area contributed by atoms with Crippen LogP contribution in [0.1, 0.15) is 17.7 Å². The molecule has 0 N–H and O–H groups in total. The lowest BCUT2D eigenvalue weighted by molar-refractivity contribution is 0.145. The Bertz CT molecular complexity index is 335. The zero-order valence-corrected chi connectivity index (χ0v) is 11.0. The fourth-order valence-corrected chi connectivity index (χ4v) is 2.08. The van der Waals surface area contributed by atoms with Gasteiger partial charge in [-0.25, -0.2) is 13.8 Å². The highest BCUT2D eigenvalue weighted by molar-refractivity contribution is 14.1. The van der Waals surface area contributed by atoms with Crippen LogP contribution in [0.4, 0.5) is 8.78 Å². The zero-order valence-electron chi connectivity index (χ0n) is 7.23. The summed E-state index contributed by atoms with van der Waals surface area (Å²) in [5.74, 6) is 0.189. The van der Waals surface area contributed by atoms with Crippen LogP contribution in [-0.2, 0) is 5.33 Å². The molecule has 0 fully saturated rings. The maximum atomic E-state index is 12.6. The van der Waals surface area contributed by atoms with Gasteiger partial charge >= 0.3 is 0 Å². The number of hydrogen-bond acceptors (Lipinski definition) is 2. The minimum atomic E-state index is -2.56. The Balaban J connectivity index is 3.27. The van der Waals surface area contributed by atoms with Crippen molar-refractivity contribution in [1.29, 1.82) is 0 Å². The number of alkyl halides is 3. The van der Waals surface area contributed by atoms with Gasteiger partial charge in [0.15, 0.2) is 0 Å². The van der Waals surface area contributed by atoms with E-state index in [-0.39, 0.29) is 15.0 Å². The molecule has 78 valence electrons. The van der Waals surface area contributed by atoms with Crippen LogP contribution < -0.4 is 4.74 Å². The van der Waals surface area contributed by atoms with Gasteiger partial charge in [0.25, 0.3) is 6.43 Å². The molecular formula is C8H7BrF2INO. The molecule has 0 saturated carbocycles. The molecule has 0 aliphatic heterocycles. The SMILES string of the molecule is COc1cc(CBr)nc(I)c1C(F)F. The van der Waals surface area contributed by atoms with E-state index in [9.17, 15) is 8.78 Å². The number of methoxy groups -OCH3 is 1. The Morgan fingerprint density at radius 2 is 2.29 bits per heavy atom. The number of nitrogens with zero attached hydrogens (tertiary/aromatic N) is 1. The number of ether oxygens (including phenoxy) is 1. The average Bonchev–Trinajstić information content (AvgIpc) is 2.15. The molecule has 0 aliphatic carbocycles. The van der Waals surface area contributed by atoms with Crippen LogP contribution in [0, 0.1) is 3.70 Å². The fraction of sp³-hybridized carbons (Fsp3) is 0.375. The molecule has 0 radical (unpaired) electrons. The summed E-state index contributed by atoms with van der Waals surface area (Å²) in [7, 11) is 1.37. The second-order valence-corrected chi connectivity index (χ2v) is 4.04. The summed E-state index contributed by atoms with van der Waals surface area (Å²) in [6.07, 6.45) is -2.56. The second kappa shape index (κ2) is 5.20. The lowest BCUT2D eigenvalue weighted by atomic mass is 10.2. The van der Waals surface area contributed by atoms with Crippen molar-refractivity contribution in [3.05, 3.63) is 21.0 Å². The van der Waals surface area contributed by atoms with Gasteiger partial charge in [0.2, 0.25) is 0 Å². The number of rotatable bonds is 3. The predicted molar refractivity (Wildman–Crippen MR) is 61.1 cm³/mol. The molecule has 1 rings (SSSR count). The van der Waals surface area contributed by atoms with Gasteiger partial charge in [-0.2, -0.15) is 0 Å². The smallest absolute Gasteiger partial charge is 0.269 e. The van der Waals surface area contributed by atoms with E-state index >= 15 is 0 Å². The number of pyridine rings is 1. The van der Waals surface area contributed by atoms with Crippen molar-refractivity contribution >= 4 is 38.5 Å². The molecule has 0 amide bonds. The van der Waals surface area contributed by atoms with Crippen molar-refractivity contribution in [3.63, 3.8) is 0 Å². The standard InChI is InChI=1S/C8H7BrF2INO/c1-14-5-2-4(3-9)13-8(12)6(5)7(10)11/h2,7H,3H2,1H3. The third-order valence-electron chi connectivity index (χ3n) is 1.60. The average molecular weight is 378 g/mol. The van der Waals surface area contributed by atoms with Gasteiger partial charge in [-0.1, -0.05) is 15.9 Å². The zero-order chi connectivity index (χ0) is 10.7. The summed E-state index contributed by atoms with van der Waals surface area (Å²) < 4.78 is 30.3. The Hall–Kier alpha value is 0.0200. The first-order chi connectivity index (χ1) is 6.60. The first-order valence-corrected chi connectivity index (χ1v) is 5.87. The van der Waals surface area contributed by atoms with Crippen LogP contribution in [0.5, 0.6) is 5.75 Å². The van der Waals surface area contributed by atoms with Crippen LogP contribution in [0.25, 0.3) is 0 Å². The van der Waals surface area contributed by atoms with E-state index in [0.29, 0.717) is 11.0 Å². The quantitative estimate of drug-likeness (QED) is 0.456. The molecule has 0 saturated heterocycles. The predicted octanol–water partition coefficient (Wildman–Crippen LogP) is 3.53. The van der Waals surface area contributed by atoms with Crippen molar-refractivity contribution in [2.75, 3.05) is 7.11 Å². The van der Waals surface area contributed by atoms with Gasteiger partial charge in [-0.15, -0.1) is 0 Å². The van der Waals surface area contributed by atoms with Gasteiger partial charge in [-0.3, -0.25) is 0 Å². The number of halogens is 4. The number of hydrogen-bond donors (Lipinski definition) is 0. The van der Waals surface area contributed by atoms with E-state index in [0.717, 1.165) is 0 Å². The summed E-state index contributed by atoms with van der Waals surface area (Å²) >= 11 is 4.99. The lowest BCUT2D eigenvalue weighted by Gasteiger charge is -2.10. The van der Waals surface area contributed by atoms with Crippen LogP contribution >= 0.6 is 38.5 Å². The molecule has 0 aliphatic rings. The molecule has 0 aromatic carbocycles. The van der Waals surface area contributed by atoms with Gasteiger partial charge < -0.3 is 4.74 Å². The lowest BCUT2D eigenvalue weighted by Crippen LogP contribution is -2.01. The monoisotopic (exact) mass is 377 g/mol. The largest absolute Gasteiger partial charge is 0.496 e. The molecule has 0 atom stereocenters. The fourth-order valence-electron chi connectivity index (χ4n) is 0.984. The van der Waals surface area contributed by atoms with Gasteiger partial charge in [-0.05, 0) is 22.6 Å². The van der Waals surface area contributed by atoms with Crippen molar-refractivity contribution in [2.45, 2.75) is 11.8 Å². The van der Waals surface area contributed by atoms with E-state index in [1.807, 2.05) is 0 Å². The van der Waals surface area contributed by atoms with E-state index in [4.69, 9.17) is 4.74 Å². The van der Waals surface area contributed by atoms with Crippen LogP contribution in [-0.4, -0.2) is 12.1 Å². The maximum Gasteiger partial charge on any atom is 0.269 e. The summed E-state index contributed by atoms with van der Waals surface area (Å²) in [5.41, 5.74) is 0.536. The molecule has 1 heterocycles. The second-order valence-electron chi connectivity index (χ2n) is 2.45. The first-order valence-electron chi connectivity index (χ1n) is 3.67. The minimum Gasteiger partial charge on any atom is -0.496 e. The van der Waals surface area contributed by atoms with Crippen molar-refractivity contribution in [3.8, 4) is 5.75 Å². The Labute approximate surface area is 102 Å². The van der Waals surface area contributed by atoms with Crippen LogP contribution in [0.2, 0.25) is 0 Å². The molecule has 0 bridgehead atoms. The summed E-state index contributed by atoms with van der Waals surface area (Å²) in [4.78, 5) is 4.00. The summed E-state index contributed by atoms with van der Waals surface area (Å²) in [6.45, 7) is 0. The van der Waals surface area contributed by atoms with E-state index in [1.165, 1.54) is 13.2 Å². The van der Waals surface area contributed by atoms with Gasteiger partial charge in [0.1, 0.15) is 9.45 Å². The molecule has 0 spiro atoms. The molecular weight excluding hydrogens is 371 g/mol. The highest BCUT2D eigenvalue weighted by atomic mass is 127. The van der Waals surface area contributed by atoms with E-state index < -0.39 is 6.43 Å². The highest BCUT2D eigenvalue weighted by Gasteiger charge is 2.19. The third kappa shape index (κ3) is 2.53. The van der Waals surface area contributed by atoms with Crippen LogP contribution in [0.15, 0.2) is 6.07 Å². The first kappa shape index (κ1) is 12.1. The normalized spacial score (nSPS) is 10.7. The molecule has 2 nitrogen and oxygen atoms in total.